The van der Waals surface area contributed by atoms with Gasteiger partial charge in [0.15, 0.2) is 5.96 Å². The summed E-state index contributed by atoms with van der Waals surface area (Å²) in [7, 11) is 0. The zero-order chi connectivity index (χ0) is 43.6. The van der Waals surface area contributed by atoms with Crippen molar-refractivity contribution in [2.45, 2.75) is 134 Å². The van der Waals surface area contributed by atoms with Crippen molar-refractivity contribution < 1.29 is 39.3 Å². The smallest absolute Gasteiger partial charge is 0.321 e. The molecule has 1 fully saturated rings. The molecule has 0 spiro atoms. The van der Waals surface area contributed by atoms with Crippen molar-refractivity contribution >= 4 is 35.6 Å². The van der Waals surface area contributed by atoms with Crippen LogP contribution in [0.25, 0.3) is 0 Å². The van der Waals surface area contributed by atoms with Crippen molar-refractivity contribution in [3.8, 4) is 0 Å². The average molecular weight is 828 g/mol. The van der Waals surface area contributed by atoms with E-state index in [4.69, 9.17) is 17.2 Å². The number of carboxylic acid groups (broad SMARTS) is 1. The topological polar surface area (TPSA) is 317 Å². The van der Waals surface area contributed by atoms with Gasteiger partial charge in [-0.25, -0.2) is 4.98 Å². The van der Waals surface area contributed by atoms with Gasteiger partial charge < -0.3 is 58.4 Å². The molecule has 0 saturated carbocycles. The third kappa shape index (κ3) is 15.9. The number of nitrogens with zero attached hydrogens (tertiary/aromatic N) is 3. The number of benzene rings is 1. The molecule has 3 unspecified atom stereocenters. The summed E-state index contributed by atoms with van der Waals surface area (Å²) < 4.78 is 0. The second-order valence-electron chi connectivity index (χ2n) is 15.8. The second-order valence-corrected chi connectivity index (χ2v) is 15.8. The number of nitrogens with two attached hydrogens (primary N) is 3. The van der Waals surface area contributed by atoms with Gasteiger partial charge in [-0.1, -0.05) is 64.4 Å². The predicted octanol–water partition coefficient (Wildman–Crippen LogP) is -0.774. The Morgan fingerprint density at radius 3 is 2.27 bits per heavy atom. The molecule has 0 radical (unpaired) electrons. The van der Waals surface area contributed by atoms with Gasteiger partial charge in [0, 0.05) is 44.2 Å². The van der Waals surface area contributed by atoms with Gasteiger partial charge >= 0.3 is 5.97 Å². The zero-order valence-electron chi connectivity index (χ0n) is 34.5. The van der Waals surface area contributed by atoms with E-state index < -0.39 is 78.2 Å². The molecule has 1 aromatic heterocycles. The van der Waals surface area contributed by atoms with Crippen molar-refractivity contribution in [2.24, 2.45) is 34.0 Å². The Balaban J connectivity index is 1.82. The Hall–Kier alpha value is -5.11. The number of hydrogen-bond acceptors (Lipinski definition) is 11. The van der Waals surface area contributed by atoms with Gasteiger partial charge in [0.2, 0.25) is 23.6 Å². The highest BCUT2D eigenvalue weighted by Gasteiger charge is 2.38. The highest BCUT2D eigenvalue weighted by molar-refractivity contribution is 5.95. The van der Waals surface area contributed by atoms with Crippen LogP contribution in [0.15, 0.2) is 47.8 Å². The SMILES string of the molecule is CC[C@H](C)[C@H](NC(O)CC(O)C(CC(C)C)NC(=O)[C@H](Cc1cnc[nH]1)NC(=O)[C@H](Cc1ccccc1)NC(=O)[C@H]1CCCN1C(=O)[C@@H](N)CCCN=C(N)N)C(=O)O. The molecule has 328 valence electrons. The number of imidazole rings is 1. The van der Waals surface area contributed by atoms with E-state index in [0.29, 0.717) is 57.3 Å². The molecule has 59 heavy (non-hydrogen) atoms. The van der Waals surface area contributed by atoms with Crippen LogP contribution >= 0.6 is 0 Å². The summed E-state index contributed by atoms with van der Waals surface area (Å²) >= 11 is 0. The quantitative estimate of drug-likeness (QED) is 0.0254. The molecule has 3 rings (SSSR count). The first kappa shape index (κ1) is 48.3. The van der Waals surface area contributed by atoms with Crippen LogP contribution in [0.4, 0.5) is 0 Å². The number of carbonyl (C=O) groups excluding carboxylic acids is 4. The summed E-state index contributed by atoms with van der Waals surface area (Å²) in [6, 6.07) is 2.93. The number of nitrogens with one attached hydrogen (secondary N) is 5. The second kappa shape index (κ2) is 24.1. The van der Waals surface area contributed by atoms with Crippen LogP contribution in [-0.2, 0) is 36.8 Å². The molecular formula is C40H65N11O8. The summed E-state index contributed by atoms with van der Waals surface area (Å²) in [5, 5.41) is 42.9. The first-order valence-electron chi connectivity index (χ1n) is 20.4. The fraction of sp³-hybridized carbons (Fsp3) is 0.625. The number of carboxylic acids is 1. The number of aliphatic imine (C=N–C) groups is 1. The van der Waals surface area contributed by atoms with Gasteiger partial charge in [-0.15, -0.1) is 0 Å². The highest BCUT2D eigenvalue weighted by Crippen LogP contribution is 2.20. The molecule has 1 aromatic carbocycles. The normalized spacial score (nSPS) is 18.1. The number of aliphatic hydroxyl groups excluding tert-OH is 2. The summed E-state index contributed by atoms with van der Waals surface area (Å²) in [6.45, 7) is 7.98. The maximum absolute atomic E-state index is 14.2. The van der Waals surface area contributed by atoms with E-state index >= 15 is 0 Å². The molecule has 2 aromatic rings. The van der Waals surface area contributed by atoms with Crippen molar-refractivity contribution in [2.75, 3.05) is 13.1 Å². The summed E-state index contributed by atoms with van der Waals surface area (Å²) in [5.41, 5.74) is 18.2. The van der Waals surface area contributed by atoms with Crippen LogP contribution < -0.4 is 38.5 Å². The molecule has 0 aliphatic carbocycles. The monoisotopic (exact) mass is 828 g/mol. The number of aliphatic hydroxyl groups is 2. The summed E-state index contributed by atoms with van der Waals surface area (Å²) in [6.07, 6.45) is 2.51. The zero-order valence-corrected chi connectivity index (χ0v) is 34.5. The van der Waals surface area contributed by atoms with Gasteiger partial charge in [0.25, 0.3) is 0 Å². The van der Waals surface area contributed by atoms with Crippen LogP contribution in [0.1, 0.15) is 83.9 Å². The molecule has 1 saturated heterocycles. The number of aromatic amines is 1. The van der Waals surface area contributed by atoms with Crippen molar-refractivity contribution in [3.63, 3.8) is 0 Å². The molecule has 9 atom stereocenters. The third-order valence-corrected chi connectivity index (χ3v) is 10.5. The number of hydrogen-bond donors (Lipinski definition) is 11. The predicted molar refractivity (Wildman–Crippen MR) is 221 cm³/mol. The average Bonchev–Trinajstić information content (AvgIpc) is 3.90. The number of guanidine groups is 1. The van der Waals surface area contributed by atoms with E-state index in [1.807, 2.05) is 26.8 Å². The van der Waals surface area contributed by atoms with Crippen molar-refractivity contribution in [1.82, 2.24) is 36.1 Å². The minimum Gasteiger partial charge on any atom is -0.480 e. The summed E-state index contributed by atoms with van der Waals surface area (Å²) in [4.78, 5) is 79.8. The van der Waals surface area contributed by atoms with E-state index in [2.05, 4.69) is 36.2 Å². The maximum atomic E-state index is 14.2. The Labute approximate surface area is 345 Å². The third-order valence-electron chi connectivity index (χ3n) is 10.5. The van der Waals surface area contributed by atoms with E-state index in [-0.39, 0.29) is 37.1 Å². The molecule has 0 bridgehead atoms. The van der Waals surface area contributed by atoms with Crippen LogP contribution in [0, 0.1) is 11.8 Å². The van der Waals surface area contributed by atoms with Crippen LogP contribution in [-0.4, -0.2) is 127 Å². The number of aliphatic carboxylic acids is 1. The lowest BCUT2D eigenvalue weighted by atomic mass is 9.95. The van der Waals surface area contributed by atoms with E-state index in [0.717, 1.165) is 5.56 Å². The first-order chi connectivity index (χ1) is 28.0. The number of amides is 4. The molecule has 1 aliphatic heterocycles. The van der Waals surface area contributed by atoms with Gasteiger partial charge in [0.1, 0.15) is 30.4 Å². The number of rotatable bonds is 25. The van der Waals surface area contributed by atoms with E-state index in [9.17, 15) is 39.3 Å². The fourth-order valence-electron chi connectivity index (χ4n) is 7.07. The Bertz CT molecular complexity index is 1660. The molecule has 4 amide bonds. The Morgan fingerprint density at radius 2 is 1.66 bits per heavy atom. The first-order valence-corrected chi connectivity index (χ1v) is 20.4. The molecule has 19 nitrogen and oxygen atoms in total. The molecule has 1 aliphatic rings. The van der Waals surface area contributed by atoms with E-state index in [1.165, 1.54) is 17.4 Å². The van der Waals surface area contributed by atoms with E-state index in [1.54, 1.807) is 31.2 Å². The number of H-pyrrole nitrogens is 1. The number of likely N-dealkylation sites (tertiary alicyclic amines) is 1. The lowest BCUT2D eigenvalue weighted by molar-refractivity contribution is -0.142. The Morgan fingerprint density at radius 1 is 0.983 bits per heavy atom. The van der Waals surface area contributed by atoms with Crippen molar-refractivity contribution in [3.05, 3.63) is 54.1 Å². The molecule has 19 heteroatoms. The van der Waals surface area contributed by atoms with Crippen LogP contribution in [0.5, 0.6) is 0 Å². The lowest BCUT2D eigenvalue weighted by Crippen LogP contribution is -2.59. The highest BCUT2D eigenvalue weighted by atomic mass is 16.4. The Kier molecular flexibility index (Phi) is 19.7. The largest absolute Gasteiger partial charge is 0.480 e. The maximum Gasteiger partial charge on any atom is 0.321 e. The number of aromatic nitrogens is 2. The molecular weight excluding hydrogens is 763 g/mol. The summed E-state index contributed by atoms with van der Waals surface area (Å²) in [5.74, 6) is -3.76. The van der Waals surface area contributed by atoms with Crippen molar-refractivity contribution in [1.29, 1.82) is 0 Å². The van der Waals surface area contributed by atoms with Crippen LogP contribution in [0.2, 0.25) is 0 Å². The lowest BCUT2D eigenvalue weighted by Gasteiger charge is -2.31. The fourth-order valence-corrected chi connectivity index (χ4v) is 7.07. The van der Waals surface area contributed by atoms with Gasteiger partial charge in [-0.05, 0) is 49.5 Å². The van der Waals surface area contributed by atoms with Crippen LogP contribution in [0.3, 0.4) is 0 Å². The molecule has 14 N–H and O–H groups in total. The van der Waals surface area contributed by atoms with Gasteiger partial charge in [0.05, 0.1) is 24.5 Å². The minimum absolute atomic E-state index is 0.0145. The van der Waals surface area contributed by atoms with Gasteiger partial charge in [-0.3, -0.25) is 34.3 Å². The molecule has 2 heterocycles. The minimum atomic E-state index is -1.40. The number of carbonyl (C=O) groups is 5. The standard InChI is InChI=1S/C40H65N11O8/c1-5-24(4)34(39(58)59)50-33(53)20-32(52)28(17-23(2)3)47-36(55)30(19-26-21-44-22-46-26)48-35(54)29(18-25-11-7-6-8-12-25)49-37(56)31-14-10-16-51(31)38(57)27(41)13-9-15-45-40(42)43/h6-8,11-12,21-24,27-34,50,52-53H,5,9-10,13-20,41H2,1-4H3,(H,44,46)(H,47,55)(H,48,54)(H,49,56)(H,58,59)(H4,42,43,45)/t24-,27-,28?,29-,30-,31+,32?,33?,34-/m0/s1. The van der Waals surface area contributed by atoms with Gasteiger partial charge in [-0.2, -0.15) is 0 Å².